The van der Waals surface area contributed by atoms with Crippen LogP contribution >= 0.6 is 0 Å². The zero-order valence-corrected chi connectivity index (χ0v) is 16.6. The Bertz CT molecular complexity index is 1070. The molecule has 1 amide bonds. The average molecular weight is 399 g/mol. The summed E-state index contributed by atoms with van der Waals surface area (Å²) in [6, 6.07) is 13.3. The molecule has 0 atom stereocenters. The van der Waals surface area contributed by atoms with E-state index in [-0.39, 0.29) is 17.3 Å². The summed E-state index contributed by atoms with van der Waals surface area (Å²) in [5.74, 6) is -0.307. The number of benzene rings is 1. The van der Waals surface area contributed by atoms with Gasteiger partial charge in [0.2, 0.25) is 10.0 Å². The summed E-state index contributed by atoms with van der Waals surface area (Å²) in [4.78, 5) is 16.8. The van der Waals surface area contributed by atoms with Crippen LogP contribution in [0, 0.1) is 0 Å². The van der Waals surface area contributed by atoms with Crippen molar-refractivity contribution < 1.29 is 13.2 Å². The predicted molar refractivity (Wildman–Crippen MR) is 105 cm³/mol. The van der Waals surface area contributed by atoms with E-state index >= 15 is 0 Å². The van der Waals surface area contributed by atoms with Gasteiger partial charge >= 0.3 is 0 Å². The molecule has 2 heterocycles. The van der Waals surface area contributed by atoms with Crippen LogP contribution in [0.1, 0.15) is 16.1 Å². The number of amides is 1. The van der Waals surface area contributed by atoms with Crippen molar-refractivity contribution in [2.75, 3.05) is 14.1 Å². The summed E-state index contributed by atoms with van der Waals surface area (Å²) in [6.07, 6.45) is 1.71. The number of nitrogens with zero attached hydrogens (tertiary/aromatic N) is 4. The molecule has 3 aromatic rings. The molecule has 0 bridgehead atoms. The first-order valence-electron chi connectivity index (χ1n) is 8.54. The molecule has 0 radical (unpaired) electrons. The van der Waals surface area contributed by atoms with Crippen LogP contribution in [-0.4, -0.2) is 47.5 Å². The highest BCUT2D eigenvalue weighted by atomic mass is 32.2. The lowest BCUT2D eigenvalue weighted by molar-refractivity contribution is 0.0950. The summed E-state index contributed by atoms with van der Waals surface area (Å²) in [5.41, 5.74) is 2.72. The van der Waals surface area contributed by atoms with Crippen molar-refractivity contribution >= 4 is 15.9 Å². The highest BCUT2D eigenvalue weighted by Crippen LogP contribution is 2.17. The minimum Gasteiger partial charge on any atom is -0.346 e. The van der Waals surface area contributed by atoms with Gasteiger partial charge in [0.05, 0.1) is 28.5 Å². The molecule has 0 aliphatic rings. The Hall–Kier alpha value is -3.04. The third-order valence-corrected chi connectivity index (χ3v) is 6.01. The van der Waals surface area contributed by atoms with E-state index in [4.69, 9.17) is 0 Å². The number of rotatable bonds is 6. The maximum atomic E-state index is 12.4. The molecule has 3 rings (SSSR count). The van der Waals surface area contributed by atoms with Crippen LogP contribution in [0.25, 0.3) is 11.4 Å². The first-order chi connectivity index (χ1) is 13.3. The van der Waals surface area contributed by atoms with Crippen molar-refractivity contribution in [1.29, 1.82) is 0 Å². The lowest BCUT2D eigenvalue weighted by atomic mass is 10.2. The van der Waals surface area contributed by atoms with Gasteiger partial charge in [-0.15, -0.1) is 0 Å². The van der Waals surface area contributed by atoms with Crippen LogP contribution in [0.15, 0.2) is 59.6 Å². The van der Waals surface area contributed by atoms with E-state index in [1.54, 1.807) is 10.9 Å². The number of carbonyl (C=O) groups excluding carboxylic acids is 1. The van der Waals surface area contributed by atoms with Crippen molar-refractivity contribution in [3.63, 3.8) is 0 Å². The monoisotopic (exact) mass is 399 g/mol. The van der Waals surface area contributed by atoms with Crippen LogP contribution in [0.5, 0.6) is 0 Å². The van der Waals surface area contributed by atoms with Gasteiger partial charge in [0.25, 0.3) is 5.91 Å². The van der Waals surface area contributed by atoms with E-state index in [0.717, 1.165) is 15.7 Å². The van der Waals surface area contributed by atoms with E-state index in [0.29, 0.717) is 11.3 Å². The minimum atomic E-state index is -3.52. The zero-order chi connectivity index (χ0) is 20.3. The summed E-state index contributed by atoms with van der Waals surface area (Å²) in [6.45, 7) is 0.247. The quantitative estimate of drug-likeness (QED) is 0.680. The molecule has 28 heavy (non-hydrogen) atoms. The van der Waals surface area contributed by atoms with Crippen molar-refractivity contribution in [3.8, 4) is 11.4 Å². The highest BCUT2D eigenvalue weighted by Gasteiger charge is 2.17. The van der Waals surface area contributed by atoms with E-state index < -0.39 is 10.0 Å². The van der Waals surface area contributed by atoms with E-state index in [2.05, 4.69) is 15.4 Å². The summed E-state index contributed by atoms with van der Waals surface area (Å²) >= 11 is 0. The molecule has 0 spiro atoms. The molecule has 0 unspecified atom stereocenters. The standard InChI is InChI=1S/C19H21N5O3S/c1-23(2)28(26,27)16-9-7-14(8-10-16)19(25)21-13-15-12-18(24(3)22-15)17-6-4-5-11-20-17/h4-12H,13H2,1-3H3,(H,21,25). The van der Waals surface area contributed by atoms with Gasteiger partial charge in [0.15, 0.2) is 0 Å². The molecule has 0 saturated heterocycles. The summed E-state index contributed by atoms with van der Waals surface area (Å²) in [7, 11) is 1.22. The van der Waals surface area contributed by atoms with E-state index in [9.17, 15) is 13.2 Å². The molecule has 2 aromatic heterocycles. The Labute approximate surface area is 163 Å². The van der Waals surface area contributed by atoms with Gasteiger partial charge in [-0.2, -0.15) is 5.10 Å². The van der Waals surface area contributed by atoms with Crippen molar-refractivity contribution in [1.82, 2.24) is 24.4 Å². The second-order valence-electron chi connectivity index (χ2n) is 6.35. The largest absolute Gasteiger partial charge is 0.346 e. The number of pyridine rings is 1. The highest BCUT2D eigenvalue weighted by molar-refractivity contribution is 7.89. The number of aryl methyl sites for hydroxylation is 1. The molecule has 8 nitrogen and oxygen atoms in total. The smallest absolute Gasteiger partial charge is 0.251 e. The fourth-order valence-electron chi connectivity index (χ4n) is 2.63. The Morgan fingerprint density at radius 3 is 2.46 bits per heavy atom. The van der Waals surface area contributed by atoms with Gasteiger partial charge in [-0.25, -0.2) is 12.7 Å². The maximum absolute atomic E-state index is 12.4. The van der Waals surface area contributed by atoms with Gasteiger partial charge in [0, 0.05) is 32.9 Å². The third-order valence-electron chi connectivity index (χ3n) is 4.18. The maximum Gasteiger partial charge on any atom is 0.251 e. The summed E-state index contributed by atoms with van der Waals surface area (Å²) < 4.78 is 27.0. The Kier molecular flexibility index (Phi) is 5.57. The molecule has 9 heteroatoms. The number of hydrogen-bond donors (Lipinski definition) is 1. The topological polar surface area (TPSA) is 97.2 Å². The SMILES string of the molecule is CN(C)S(=O)(=O)c1ccc(C(=O)NCc2cc(-c3ccccn3)n(C)n2)cc1. The number of nitrogens with one attached hydrogen (secondary N) is 1. The fourth-order valence-corrected chi connectivity index (χ4v) is 3.53. The van der Waals surface area contributed by atoms with Crippen LogP contribution in [0.4, 0.5) is 0 Å². The lowest BCUT2D eigenvalue weighted by Crippen LogP contribution is -2.24. The number of carbonyl (C=O) groups is 1. The molecule has 0 aliphatic heterocycles. The van der Waals surface area contributed by atoms with E-state index in [1.165, 1.54) is 38.4 Å². The lowest BCUT2D eigenvalue weighted by Gasteiger charge is -2.11. The van der Waals surface area contributed by atoms with Gasteiger partial charge in [-0.05, 0) is 42.5 Å². The van der Waals surface area contributed by atoms with Gasteiger partial charge in [-0.1, -0.05) is 6.07 Å². The molecular weight excluding hydrogens is 378 g/mol. The predicted octanol–water partition coefficient (Wildman–Crippen LogP) is 1.66. The second kappa shape index (κ2) is 7.91. The molecule has 1 N–H and O–H groups in total. The average Bonchev–Trinajstić information content (AvgIpc) is 3.07. The molecule has 146 valence electrons. The zero-order valence-electron chi connectivity index (χ0n) is 15.8. The molecule has 0 aliphatic carbocycles. The van der Waals surface area contributed by atoms with Crippen LogP contribution < -0.4 is 5.32 Å². The fraction of sp³-hybridized carbons (Fsp3) is 0.211. The Morgan fingerprint density at radius 2 is 1.86 bits per heavy atom. The van der Waals surface area contributed by atoms with Gasteiger partial charge < -0.3 is 5.32 Å². The van der Waals surface area contributed by atoms with Crippen LogP contribution in [-0.2, 0) is 23.6 Å². The normalized spacial score (nSPS) is 11.6. The third kappa shape index (κ3) is 4.10. The van der Waals surface area contributed by atoms with E-state index in [1.807, 2.05) is 31.3 Å². The number of sulfonamides is 1. The minimum absolute atomic E-state index is 0.138. The van der Waals surface area contributed by atoms with Crippen LogP contribution in [0.2, 0.25) is 0 Å². The van der Waals surface area contributed by atoms with Crippen molar-refractivity contribution in [2.45, 2.75) is 11.4 Å². The van der Waals surface area contributed by atoms with Gasteiger partial charge in [-0.3, -0.25) is 14.5 Å². The van der Waals surface area contributed by atoms with Crippen molar-refractivity contribution in [2.24, 2.45) is 7.05 Å². The second-order valence-corrected chi connectivity index (χ2v) is 8.51. The van der Waals surface area contributed by atoms with Crippen molar-refractivity contribution in [3.05, 3.63) is 66.0 Å². The molecular formula is C19H21N5O3S. The summed E-state index contributed by atoms with van der Waals surface area (Å²) in [5, 5.41) is 7.19. The number of aromatic nitrogens is 3. The molecule has 1 aromatic carbocycles. The Morgan fingerprint density at radius 1 is 1.14 bits per heavy atom. The molecule has 0 saturated carbocycles. The molecule has 0 fully saturated rings. The van der Waals surface area contributed by atoms with Crippen LogP contribution in [0.3, 0.4) is 0 Å². The number of hydrogen-bond acceptors (Lipinski definition) is 5. The first kappa shape index (κ1) is 19.7. The Balaban J connectivity index is 1.68. The van der Waals surface area contributed by atoms with Gasteiger partial charge in [0.1, 0.15) is 0 Å². The first-order valence-corrected chi connectivity index (χ1v) is 9.98.